The summed E-state index contributed by atoms with van der Waals surface area (Å²) < 4.78 is 0. The Labute approximate surface area is 117 Å². The molecule has 1 amide bonds. The van der Waals surface area contributed by atoms with E-state index in [1.54, 1.807) is 4.90 Å². The number of nitrogens with zero attached hydrogens (tertiary/aromatic N) is 1. The number of hydrogen-bond donors (Lipinski definition) is 0. The fourth-order valence-corrected chi connectivity index (χ4v) is 2.75. The van der Waals surface area contributed by atoms with Crippen LogP contribution in [0.3, 0.4) is 0 Å². The molecule has 1 fully saturated rings. The molecule has 3 heteroatoms. The molecule has 1 saturated heterocycles. The summed E-state index contributed by atoms with van der Waals surface area (Å²) in [5, 5.41) is 0. The maximum absolute atomic E-state index is 12.3. The molecule has 0 spiro atoms. The molecule has 0 radical (unpaired) electrons. The monoisotopic (exact) mass is 265 g/mol. The van der Waals surface area contributed by atoms with E-state index in [1.807, 2.05) is 60.7 Å². The van der Waals surface area contributed by atoms with Crippen LogP contribution in [0.1, 0.15) is 18.5 Å². The third kappa shape index (κ3) is 1.92. The van der Waals surface area contributed by atoms with Crippen molar-refractivity contribution < 1.29 is 9.59 Å². The number of ketones is 1. The lowest BCUT2D eigenvalue weighted by Crippen LogP contribution is -2.57. The first-order valence-corrected chi connectivity index (χ1v) is 6.63. The van der Waals surface area contributed by atoms with E-state index < -0.39 is 5.92 Å². The van der Waals surface area contributed by atoms with E-state index in [-0.39, 0.29) is 17.7 Å². The van der Waals surface area contributed by atoms with Crippen molar-refractivity contribution in [2.45, 2.75) is 13.0 Å². The topological polar surface area (TPSA) is 37.4 Å². The Morgan fingerprint density at radius 2 is 1.50 bits per heavy atom. The minimum Gasteiger partial charge on any atom is -0.303 e. The predicted octanol–water partition coefficient (Wildman–Crippen LogP) is 2.98. The van der Waals surface area contributed by atoms with Gasteiger partial charge in [-0.2, -0.15) is 0 Å². The Balaban J connectivity index is 2.02. The number of carbonyl (C=O) groups excluding carboxylic acids is 2. The first-order valence-electron chi connectivity index (χ1n) is 6.63. The van der Waals surface area contributed by atoms with Crippen LogP contribution in [0.5, 0.6) is 0 Å². The van der Waals surface area contributed by atoms with Gasteiger partial charge in [0.05, 0.1) is 6.04 Å². The zero-order valence-corrected chi connectivity index (χ0v) is 11.2. The first-order chi connectivity index (χ1) is 9.70. The number of Topliss-reactive ketones (excluding diaryl/α,β-unsaturated/α-hetero) is 1. The van der Waals surface area contributed by atoms with Gasteiger partial charge in [-0.05, 0) is 24.6 Å². The molecule has 0 unspecified atom stereocenters. The van der Waals surface area contributed by atoms with E-state index in [2.05, 4.69) is 0 Å². The highest BCUT2D eigenvalue weighted by Gasteiger charge is 2.51. The molecule has 20 heavy (non-hydrogen) atoms. The molecule has 3 nitrogen and oxygen atoms in total. The SMILES string of the molecule is CC(=O)[C@H]1C(=O)N(c2ccccc2)[C@@H]1c1ccccc1. The first kappa shape index (κ1) is 12.6. The Morgan fingerprint density at radius 1 is 0.950 bits per heavy atom. The van der Waals surface area contributed by atoms with Crippen molar-refractivity contribution in [1.29, 1.82) is 0 Å². The smallest absolute Gasteiger partial charge is 0.240 e. The van der Waals surface area contributed by atoms with E-state index in [1.165, 1.54) is 6.92 Å². The van der Waals surface area contributed by atoms with E-state index in [4.69, 9.17) is 0 Å². The van der Waals surface area contributed by atoms with Crippen LogP contribution in [0, 0.1) is 5.92 Å². The standard InChI is InChI=1S/C17H15NO2/c1-12(19)15-16(13-8-4-2-5-9-13)18(17(15)20)14-10-6-3-7-11-14/h2-11,15-16H,1H3/t15-,16-/m1/s1. The van der Waals surface area contributed by atoms with Crippen LogP contribution in [0.4, 0.5) is 5.69 Å². The summed E-state index contributed by atoms with van der Waals surface area (Å²) in [7, 11) is 0. The molecule has 1 heterocycles. The molecule has 1 aliphatic rings. The van der Waals surface area contributed by atoms with Crippen LogP contribution in [-0.4, -0.2) is 11.7 Å². The number of para-hydroxylation sites is 1. The Kier molecular flexibility index (Phi) is 3.11. The lowest BCUT2D eigenvalue weighted by Gasteiger charge is -2.46. The van der Waals surface area contributed by atoms with Crippen molar-refractivity contribution in [2.24, 2.45) is 5.92 Å². The van der Waals surface area contributed by atoms with Gasteiger partial charge < -0.3 is 4.90 Å². The fourth-order valence-electron chi connectivity index (χ4n) is 2.75. The highest BCUT2D eigenvalue weighted by molar-refractivity contribution is 6.15. The molecular formula is C17H15NO2. The number of rotatable bonds is 3. The lowest BCUT2D eigenvalue weighted by atomic mass is 9.79. The largest absolute Gasteiger partial charge is 0.303 e. The van der Waals surface area contributed by atoms with Crippen molar-refractivity contribution >= 4 is 17.4 Å². The van der Waals surface area contributed by atoms with Crippen molar-refractivity contribution in [3.8, 4) is 0 Å². The second-order valence-corrected chi connectivity index (χ2v) is 4.99. The van der Waals surface area contributed by atoms with Crippen LogP contribution in [0.15, 0.2) is 60.7 Å². The Morgan fingerprint density at radius 3 is 2.05 bits per heavy atom. The normalized spacial score (nSPS) is 21.4. The van der Waals surface area contributed by atoms with Gasteiger partial charge in [0.25, 0.3) is 0 Å². The predicted molar refractivity (Wildman–Crippen MR) is 77.3 cm³/mol. The molecule has 0 N–H and O–H groups in total. The van der Waals surface area contributed by atoms with Gasteiger partial charge in [-0.1, -0.05) is 48.5 Å². The maximum Gasteiger partial charge on any atom is 0.240 e. The second kappa shape index (κ2) is 4.93. The van der Waals surface area contributed by atoms with Crippen LogP contribution >= 0.6 is 0 Å². The van der Waals surface area contributed by atoms with Gasteiger partial charge in [0.15, 0.2) is 0 Å². The molecular weight excluding hydrogens is 250 g/mol. The van der Waals surface area contributed by atoms with E-state index in [0.29, 0.717) is 0 Å². The van der Waals surface area contributed by atoms with Crippen molar-refractivity contribution in [1.82, 2.24) is 0 Å². The molecule has 0 bridgehead atoms. The zero-order chi connectivity index (χ0) is 14.1. The molecule has 2 aromatic carbocycles. The summed E-state index contributed by atoms with van der Waals surface area (Å²) in [5.74, 6) is -0.744. The minimum atomic E-state index is -0.558. The van der Waals surface area contributed by atoms with Crippen LogP contribution in [0.25, 0.3) is 0 Å². The van der Waals surface area contributed by atoms with Gasteiger partial charge in [-0.3, -0.25) is 9.59 Å². The van der Waals surface area contributed by atoms with Crippen molar-refractivity contribution in [3.05, 3.63) is 66.2 Å². The Bertz CT molecular complexity index is 637. The number of carbonyl (C=O) groups is 2. The molecule has 100 valence electrons. The van der Waals surface area contributed by atoms with Crippen molar-refractivity contribution in [2.75, 3.05) is 4.90 Å². The van der Waals surface area contributed by atoms with Gasteiger partial charge in [0.2, 0.25) is 5.91 Å². The van der Waals surface area contributed by atoms with Gasteiger partial charge in [0, 0.05) is 5.69 Å². The zero-order valence-electron chi connectivity index (χ0n) is 11.2. The van der Waals surface area contributed by atoms with E-state index in [9.17, 15) is 9.59 Å². The minimum absolute atomic E-state index is 0.0731. The van der Waals surface area contributed by atoms with Gasteiger partial charge in [-0.25, -0.2) is 0 Å². The summed E-state index contributed by atoms with van der Waals surface area (Å²) in [6, 6.07) is 19.0. The van der Waals surface area contributed by atoms with E-state index in [0.717, 1.165) is 11.3 Å². The molecule has 1 aliphatic heterocycles. The summed E-state index contributed by atoms with van der Waals surface area (Å²) in [4.78, 5) is 25.8. The van der Waals surface area contributed by atoms with Gasteiger partial charge in [0.1, 0.15) is 11.7 Å². The number of amides is 1. The second-order valence-electron chi connectivity index (χ2n) is 4.99. The van der Waals surface area contributed by atoms with Crippen molar-refractivity contribution in [3.63, 3.8) is 0 Å². The number of β-lactam (4-membered cyclic amide) rings is 1. The quantitative estimate of drug-likeness (QED) is 0.632. The number of hydrogen-bond acceptors (Lipinski definition) is 2. The van der Waals surface area contributed by atoms with Gasteiger partial charge >= 0.3 is 0 Å². The summed E-state index contributed by atoms with van der Waals surface area (Å²) >= 11 is 0. The molecule has 0 saturated carbocycles. The lowest BCUT2D eigenvalue weighted by molar-refractivity contribution is -0.138. The molecule has 2 atom stereocenters. The van der Waals surface area contributed by atoms with E-state index >= 15 is 0 Å². The summed E-state index contributed by atoms with van der Waals surface area (Å²) in [5.41, 5.74) is 1.83. The third-order valence-electron chi connectivity index (χ3n) is 3.71. The summed E-state index contributed by atoms with van der Waals surface area (Å²) in [6.07, 6.45) is 0. The highest BCUT2D eigenvalue weighted by Crippen LogP contribution is 2.43. The van der Waals surface area contributed by atoms with Crippen LogP contribution in [0.2, 0.25) is 0 Å². The maximum atomic E-state index is 12.3. The molecule has 2 aromatic rings. The molecule has 0 aliphatic carbocycles. The number of benzene rings is 2. The average molecular weight is 265 g/mol. The summed E-state index contributed by atoms with van der Waals surface area (Å²) in [6.45, 7) is 1.49. The molecule has 3 rings (SSSR count). The van der Waals surface area contributed by atoms with Crippen LogP contribution < -0.4 is 4.90 Å². The molecule has 0 aromatic heterocycles. The highest BCUT2D eigenvalue weighted by atomic mass is 16.2. The Hall–Kier alpha value is -2.42. The third-order valence-corrected chi connectivity index (χ3v) is 3.71. The van der Waals surface area contributed by atoms with Crippen LogP contribution in [-0.2, 0) is 9.59 Å². The van der Waals surface area contributed by atoms with Gasteiger partial charge in [-0.15, -0.1) is 0 Å². The fraction of sp³-hybridized carbons (Fsp3) is 0.176. The average Bonchev–Trinajstić information content (AvgIpc) is 2.46. The number of anilines is 1.